The monoisotopic (exact) mass is 448 g/mol. The lowest BCUT2D eigenvalue weighted by molar-refractivity contribution is 0.0954. The van der Waals surface area contributed by atoms with Crippen LogP contribution in [0.3, 0.4) is 0 Å². The average molecular weight is 449 g/mol. The van der Waals surface area contributed by atoms with E-state index in [1.807, 2.05) is 64.4 Å². The molecule has 1 aliphatic rings. The number of fused-ring (bicyclic) bond motifs is 2. The van der Waals surface area contributed by atoms with E-state index in [-0.39, 0.29) is 5.91 Å². The molecule has 5 nitrogen and oxygen atoms in total. The molecule has 0 aliphatic heterocycles. The predicted molar refractivity (Wildman–Crippen MR) is 126 cm³/mol. The fourth-order valence-electron chi connectivity index (χ4n) is 3.81. The molecule has 1 N–H and O–H groups in total. The van der Waals surface area contributed by atoms with Gasteiger partial charge in [-0.05, 0) is 62.1 Å². The molecule has 1 aromatic carbocycles. The Hall–Kier alpha value is -2.64. The van der Waals surface area contributed by atoms with Crippen molar-refractivity contribution in [1.82, 2.24) is 19.7 Å². The lowest BCUT2D eigenvalue weighted by Crippen LogP contribution is -2.25. The van der Waals surface area contributed by atoms with E-state index in [2.05, 4.69) is 16.5 Å². The number of imidazole rings is 1. The van der Waals surface area contributed by atoms with Crippen LogP contribution in [0.25, 0.3) is 5.65 Å². The van der Waals surface area contributed by atoms with E-state index in [1.54, 1.807) is 11.8 Å². The number of amides is 1. The molecule has 0 unspecified atom stereocenters. The minimum Gasteiger partial charge on any atom is -0.352 e. The number of aryl methyl sites for hydroxylation is 2. The molecule has 0 atom stereocenters. The zero-order valence-corrected chi connectivity index (χ0v) is 18.8. The summed E-state index contributed by atoms with van der Waals surface area (Å²) in [5, 5.41) is 4.17. The Morgan fingerprint density at radius 3 is 2.81 bits per heavy atom. The summed E-state index contributed by atoms with van der Waals surface area (Å²) in [5.74, 6) is 0.767. The maximum absolute atomic E-state index is 12.5. The Kier molecular flexibility index (Phi) is 6.04. The van der Waals surface area contributed by atoms with Crippen molar-refractivity contribution in [2.24, 2.45) is 0 Å². The second-order valence-electron chi connectivity index (χ2n) is 7.70. The van der Waals surface area contributed by atoms with Gasteiger partial charge in [0.05, 0.1) is 16.4 Å². The number of benzene rings is 1. The van der Waals surface area contributed by atoms with Crippen LogP contribution in [0.2, 0.25) is 0 Å². The van der Waals surface area contributed by atoms with Gasteiger partial charge in [0.15, 0.2) is 0 Å². The molecule has 0 saturated carbocycles. The first kappa shape index (κ1) is 20.3. The number of aromatic nitrogens is 3. The molecular formula is C24H24N4OS2. The highest BCUT2D eigenvalue weighted by Crippen LogP contribution is 2.27. The third-order valence-electron chi connectivity index (χ3n) is 5.43. The van der Waals surface area contributed by atoms with E-state index in [0.29, 0.717) is 12.1 Å². The van der Waals surface area contributed by atoms with Gasteiger partial charge in [0.25, 0.3) is 5.91 Å². The Bertz CT molecular complexity index is 1140. The van der Waals surface area contributed by atoms with Crippen molar-refractivity contribution in [3.8, 4) is 0 Å². The number of nitrogens with one attached hydrogen (secondary N) is 1. The maximum Gasteiger partial charge on any atom is 0.251 e. The molecule has 7 heteroatoms. The van der Waals surface area contributed by atoms with E-state index >= 15 is 0 Å². The number of pyridine rings is 1. The van der Waals surface area contributed by atoms with Crippen LogP contribution < -0.4 is 5.32 Å². The number of thioether (sulfide) groups is 1. The molecule has 158 valence electrons. The highest BCUT2D eigenvalue weighted by molar-refractivity contribution is 7.98. The number of rotatable bonds is 7. The zero-order valence-electron chi connectivity index (χ0n) is 17.2. The van der Waals surface area contributed by atoms with Crippen LogP contribution in [0.15, 0.2) is 59.8 Å². The molecule has 3 heterocycles. The van der Waals surface area contributed by atoms with Crippen molar-refractivity contribution in [3.05, 3.63) is 81.7 Å². The van der Waals surface area contributed by atoms with Crippen molar-refractivity contribution in [2.45, 2.75) is 42.8 Å². The van der Waals surface area contributed by atoms with Gasteiger partial charge in [-0.1, -0.05) is 6.07 Å². The van der Waals surface area contributed by atoms with Gasteiger partial charge in [0.1, 0.15) is 5.65 Å². The third-order valence-corrected chi connectivity index (χ3v) is 7.69. The predicted octanol–water partition coefficient (Wildman–Crippen LogP) is 4.93. The summed E-state index contributed by atoms with van der Waals surface area (Å²) in [6.07, 6.45) is 9.67. The van der Waals surface area contributed by atoms with Crippen LogP contribution >= 0.6 is 23.1 Å². The van der Waals surface area contributed by atoms with Crippen molar-refractivity contribution >= 4 is 34.7 Å². The molecule has 0 radical (unpaired) electrons. The lowest BCUT2D eigenvalue weighted by Gasteiger charge is -2.06. The second-order valence-corrected chi connectivity index (χ2v) is 9.92. The van der Waals surface area contributed by atoms with Gasteiger partial charge in [-0.3, -0.25) is 4.79 Å². The Morgan fingerprint density at radius 2 is 1.97 bits per heavy atom. The topological polar surface area (TPSA) is 59.3 Å². The Balaban J connectivity index is 1.11. The van der Waals surface area contributed by atoms with Crippen LogP contribution in [-0.2, 0) is 25.0 Å². The molecule has 4 aromatic rings. The Morgan fingerprint density at radius 1 is 1.10 bits per heavy atom. The summed E-state index contributed by atoms with van der Waals surface area (Å²) in [5.41, 5.74) is 3.98. The standard InChI is InChI=1S/C24H24N4OS2/c29-24(25-13-12-23-27-20-5-1-2-6-21(20)31-23)17-8-10-19(11-9-17)30-16-18-15-28-14-4-3-7-22(28)26-18/h3-4,7-11,14-15H,1-2,5-6,12-13,16H2,(H,25,29). The molecule has 5 rings (SSSR count). The Labute approximate surface area is 189 Å². The molecule has 1 amide bonds. The van der Waals surface area contributed by atoms with Crippen LogP contribution in [0.5, 0.6) is 0 Å². The molecule has 0 fully saturated rings. The third kappa shape index (κ3) is 4.83. The van der Waals surface area contributed by atoms with Gasteiger partial charge in [-0.25, -0.2) is 9.97 Å². The minimum absolute atomic E-state index is 0.0294. The van der Waals surface area contributed by atoms with Gasteiger partial charge < -0.3 is 9.72 Å². The van der Waals surface area contributed by atoms with E-state index < -0.39 is 0 Å². The van der Waals surface area contributed by atoms with Crippen LogP contribution in [0.1, 0.15) is 44.5 Å². The quantitative estimate of drug-likeness (QED) is 0.407. The summed E-state index contributed by atoms with van der Waals surface area (Å²) in [4.78, 5) is 24.4. The number of carbonyl (C=O) groups is 1. The average Bonchev–Trinajstić information content (AvgIpc) is 3.41. The molecule has 0 saturated heterocycles. The van der Waals surface area contributed by atoms with E-state index in [9.17, 15) is 4.79 Å². The van der Waals surface area contributed by atoms with Gasteiger partial charge in [0.2, 0.25) is 0 Å². The number of hydrogen-bond donors (Lipinski definition) is 1. The summed E-state index contributed by atoms with van der Waals surface area (Å²) in [6, 6.07) is 13.8. The van der Waals surface area contributed by atoms with Gasteiger partial charge in [-0.2, -0.15) is 0 Å². The number of hydrogen-bond acceptors (Lipinski definition) is 5. The normalized spacial score (nSPS) is 13.3. The molecule has 31 heavy (non-hydrogen) atoms. The smallest absolute Gasteiger partial charge is 0.251 e. The van der Waals surface area contributed by atoms with E-state index in [1.165, 1.54) is 29.8 Å². The SMILES string of the molecule is O=C(NCCc1nc2c(s1)CCCC2)c1ccc(SCc2cn3ccccc3n2)cc1. The van der Waals surface area contributed by atoms with Crippen molar-refractivity contribution in [1.29, 1.82) is 0 Å². The minimum atomic E-state index is -0.0294. The first-order valence-corrected chi connectivity index (χ1v) is 12.5. The van der Waals surface area contributed by atoms with Crippen molar-refractivity contribution in [3.63, 3.8) is 0 Å². The van der Waals surface area contributed by atoms with Gasteiger partial charge in [0, 0.05) is 46.4 Å². The zero-order chi connectivity index (χ0) is 21.0. The second kappa shape index (κ2) is 9.24. The van der Waals surface area contributed by atoms with E-state index in [4.69, 9.17) is 4.98 Å². The van der Waals surface area contributed by atoms with Gasteiger partial charge in [-0.15, -0.1) is 23.1 Å². The van der Waals surface area contributed by atoms with Crippen LogP contribution in [0, 0.1) is 0 Å². The van der Waals surface area contributed by atoms with Crippen LogP contribution in [-0.4, -0.2) is 26.8 Å². The van der Waals surface area contributed by atoms with Crippen molar-refractivity contribution < 1.29 is 4.79 Å². The summed E-state index contributed by atoms with van der Waals surface area (Å²) >= 11 is 3.54. The molecule has 1 aliphatic carbocycles. The molecule has 0 bridgehead atoms. The number of carbonyl (C=O) groups excluding carboxylic acids is 1. The lowest BCUT2D eigenvalue weighted by atomic mass is 10.0. The van der Waals surface area contributed by atoms with Gasteiger partial charge >= 0.3 is 0 Å². The highest BCUT2D eigenvalue weighted by Gasteiger charge is 2.15. The maximum atomic E-state index is 12.5. The summed E-state index contributed by atoms with van der Waals surface area (Å²) < 4.78 is 2.03. The number of thiazole rings is 1. The fraction of sp³-hybridized carbons (Fsp3) is 0.292. The molecule has 0 spiro atoms. The summed E-state index contributed by atoms with van der Waals surface area (Å²) in [7, 11) is 0. The summed E-state index contributed by atoms with van der Waals surface area (Å²) in [6.45, 7) is 0.621. The highest BCUT2D eigenvalue weighted by atomic mass is 32.2. The van der Waals surface area contributed by atoms with Crippen molar-refractivity contribution in [2.75, 3.05) is 6.54 Å². The number of nitrogens with zero attached hydrogens (tertiary/aromatic N) is 3. The molecule has 3 aromatic heterocycles. The molecular weight excluding hydrogens is 424 g/mol. The first-order chi connectivity index (χ1) is 15.2. The fourth-order valence-corrected chi connectivity index (χ4v) is 5.75. The van der Waals surface area contributed by atoms with Crippen LogP contribution in [0.4, 0.5) is 0 Å². The van der Waals surface area contributed by atoms with E-state index in [0.717, 1.165) is 39.8 Å². The largest absolute Gasteiger partial charge is 0.352 e. The first-order valence-electron chi connectivity index (χ1n) is 10.7.